The number of nitrogens with zero attached hydrogens (tertiary/aromatic N) is 3. The lowest BCUT2D eigenvalue weighted by atomic mass is 9.98. The maximum Gasteiger partial charge on any atom is 0.303 e. The molecule has 0 radical (unpaired) electrons. The van der Waals surface area contributed by atoms with E-state index in [9.17, 15) is 9.59 Å². The predicted octanol–water partition coefficient (Wildman–Crippen LogP) is 1.88. The van der Waals surface area contributed by atoms with Gasteiger partial charge in [-0.15, -0.1) is 0 Å². The number of carboxylic acid groups (broad SMARTS) is 1. The fraction of sp³-hybridized carbons (Fsp3) is 0.600. The molecule has 2 heterocycles. The number of aromatic nitrogens is 2. The van der Waals surface area contributed by atoms with Crippen LogP contribution in [-0.2, 0) is 16.0 Å². The van der Waals surface area contributed by atoms with Crippen LogP contribution in [0.25, 0.3) is 0 Å². The Morgan fingerprint density at radius 2 is 2.14 bits per heavy atom. The topological polar surface area (TPSA) is 83.4 Å². The van der Waals surface area contributed by atoms with Gasteiger partial charge < -0.3 is 10.0 Å². The number of piperidine rings is 1. The molecule has 1 aliphatic rings. The lowest BCUT2D eigenvalue weighted by Crippen LogP contribution is -2.37. The quantitative estimate of drug-likeness (QED) is 0.915. The zero-order valence-corrected chi connectivity index (χ0v) is 12.5. The molecule has 1 aromatic heterocycles. The molecular weight excluding hydrogens is 270 g/mol. The Balaban J connectivity index is 2.24. The summed E-state index contributed by atoms with van der Waals surface area (Å²) in [7, 11) is 0. The highest BCUT2D eigenvalue weighted by Crippen LogP contribution is 2.30. The smallest absolute Gasteiger partial charge is 0.303 e. The molecule has 1 aromatic rings. The first-order valence-electron chi connectivity index (χ1n) is 7.31. The van der Waals surface area contributed by atoms with Crippen molar-refractivity contribution < 1.29 is 14.7 Å². The van der Waals surface area contributed by atoms with E-state index in [-0.39, 0.29) is 18.4 Å². The predicted molar refractivity (Wildman–Crippen MR) is 76.7 cm³/mol. The number of likely N-dealkylation sites (tertiary alicyclic amines) is 1. The Kier molecular flexibility index (Phi) is 4.88. The molecule has 1 atom stereocenters. The number of carbonyl (C=O) groups is 2. The van der Waals surface area contributed by atoms with Gasteiger partial charge in [0.2, 0.25) is 5.91 Å². The zero-order chi connectivity index (χ0) is 15.4. The number of carboxylic acids is 1. The van der Waals surface area contributed by atoms with Crippen molar-refractivity contribution in [3.8, 4) is 0 Å². The molecule has 6 nitrogen and oxygen atoms in total. The van der Waals surface area contributed by atoms with Crippen molar-refractivity contribution in [2.75, 3.05) is 6.54 Å². The fourth-order valence-electron chi connectivity index (χ4n) is 2.80. The molecule has 0 unspecified atom stereocenters. The molecule has 1 amide bonds. The zero-order valence-electron chi connectivity index (χ0n) is 12.5. The molecule has 0 spiro atoms. The second-order valence-electron chi connectivity index (χ2n) is 5.45. The SMILES string of the molecule is CC(=O)N1CCCC[C@@H]1c1cc(CCC(=O)O)nc(C)n1. The van der Waals surface area contributed by atoms with Gasteiger partial charge in [0.25, 0.3) is 0 Å². The minimum absolute atomic E-state index is 0.0125. The van der Waals surface area contributed by atoms with Crippen molar-refractivity contribution in [1.82, 2.24) is 14.9 Å². The van der Waals surface area contributed by atoms with E-state index in [1.807, 2.05) is 11.0 Å². The fourth-order valence-corrected chi connectivity index (χ4v) is 2.80. The molecule has 0 saturated carbocycles. The third-order valence-electron chi connectivity index (χ3n) is 3.75. The first-order chi connectivity index (χ1) is 9.97. The van der Waals surface area contributed by atoms with E-state index in [2.05, 4.69) is 9.97 Å². The van der Waals surface area contributed by atoms with Gasteiger partial charge >= 0.3 is 5.97 Å². The minimum Gasteiger partial charge on any atom is -0.481 e. The van der Waals surface area contributed by atoms with E-state index in [4.69, 9.17) is 5.11 Å². The Morgan fingerprint density at radius 1 is 1.38 bits per heavy atom. The number of aliphatic carboxylic acids is 1. The third kappa shape index (κ3) is 4.00. The van der Waals surface area contributed by atoms with Gasteiger partial charge in [-0.2, -0.15) is 0 Å². The molecule has 0 aromatic carbocycles. The average Bonchev–Trinajstić information content (AvgIpc) is 2.44. The molecular formula is C15H21N3O3. The summed E-state index contributed by atoms with van der Waals surface area (Å²) >= 11 is 0. The highest BCUT2D eigenvalue weighted by atomic mass is 16.4. The van der Waals surface area contributed by atoms with Crippen molar-refractivity contribution in [1.29, 1.82) is 0 Å². The van der Waals surface area contributed by atoms with E-state index in [1.54, 1.807) is 13.8 Å². The van der Waals surface area contributed by atoms with Crippen LogP contribution >= 0.6 is 0 Å². The summed E-state index contributed by atoms with van der Waals surface area (Å²) in [5.41, 5.74) is 1.56. The molecule has 0 bridgehead atoms. The third-order valence-corrected chi connectivity index (χ3v) is 3.75. The lowest BCUT2D eigenvalue weighted by Gasteiger charge is -2.34. The van der Waals surface area contributed by atoms with E-state index in [0.29, 0.717) is 12.2 Å². The summed E-state index contributed by atoms with van der Waals surface area (Å²) in [6.07, 6.45) is 3.43. The Labute approximate surface area is 124 Å². The maximum absolute atomic E-state index is 11.8. The average molecular weight is 291 g/mol. The Morgan fingerprint density at radius 3 is 2.81 bits per heavy atom. The molecule has 21 heavy (non-hydrogen) atoms. The summed E-state index contributed by atoms with van der Waals surface area (Å²) in [5, 5.41) is 8.78. The molecule has 114 valence electrons. The lowest BCUT2D eigenvalue weighted by molar-refractivity contribution is -0.137. The summed E-state index contributed by atoms with van der Waals surface area (Å²) < 4.78 is 0. The molecule has 1 N–H and O–H groups in total. The van der Waals surface area contributed by atoms with Gasteiger partial charge in [0.05, 0.1) is 18.2 Å². The number of rotatable bonds is 4. The number of amides is 1. The van der Waals surface area contributed by atoms with Crippen LogP contribution in [0, 0.1) is 6.92 Å². The van der Waals surface area contributed by atoms with E-state index in [1.165, 1.54) is 0 Å². The van der Waals surface area contributed by atoms with E-state index >= 15 is 0 Å². The van der Waals surface area contributed by atoms with Crippen LogP contribution in [0.15, 0.2) is 6.07 Å². The van der Waals surface area contributed by atoms with Crippen LogP contribution in [0.5, 0.6) is 0 Å². The summed E-state index contributed by atoms with van der Waals surface area (Å²) in [4.78, 5) is 33.1. The van der Waals surface area contributed by atoms with Crippen LogP contribution in [-0.4, -0.2) is 38.4 Å². The van der Waals surface area contributed by atoms with Crippen LogP contribution < -0.4 is 0 Å². The summed E-state index contributed by atoms with van der Waals surface area (Å²) in [5.74, 6) is -0.152. The number of hydrogen-bond donors (Lipinski definition) is 1. The normalized spacial score (nSPS) is 18.6. The number of carbonyl (C=O) groups excluding carboxylic acids is 1. The maximum atomic E-state index is 11.8. The van der Waals surface area contributed by atoms with Gasteiger partial charge in [-0.05, 0) is 32.3 Å². The molecule has 1 saturated heterocycles. The first-order valence-corrected chi connectivity index (χ1v) is 7.31. The van der Waals surface area contributed by atoms with Crippen LogP contribution in [0.4, 0.5) is 0 Å². The van der Waals surface area contributed by atoms with Crippen molar-refractivity contribution in [3.63, 3.8) is 0 Å². The largest absolute Gasteiger partial charge is 0.481 e. The second kappa shape index (κ2) is 6.65. The van der Waals surface area contributed by atoms with Crippen LogP contribution in [0.2, 0.25) is 0 Å². The Bertz CT molecular complexity index is 545. The van der Waals surface area contributed by atoms with Gasteiger partial charge in [-0.1, -0.05) is 0 Å². The summed E-state index contributed by atoms with van der Waals surface area (Å²) in [6.45, 7) is 4.14. The molecule has 0 aliphatic carbocycles. The highest BCUT2D eigenvalue weighted by Gasteiger charge is 2.27. The van der Waals surface area contributed by atoms with Gasteiger partial charge in [0.15, 0.2) is 0 Å². The van der Waals surface area contributed by atoms with Crippen molar-refractivity contribution in [2.45, 2.75) is 52.0 Å². The standard InChI is InChI=1S/C15H21N3O3/c1-10-16-12(6-7-15(20)21)9-13(17-10)14-5-3-4-8-18(14)11(2)19/h9,14H,3-8H2,1-2H3,(H,20,21)/t14-/m1/s1. The van der Waals surface area contributed by atoms with Crippen LogP contribution in [0.1, 0.15) is 55.9 Å². The second-order valence-corrected chi connectivity index (χ2v) is 5.45. The van der Waals surface area contributed by atoms with Crippen molar-refractivity contribution in [2.24, 2.45) is 0 Å². The van der Waals surface area contributed by atoms with E-state index in [0.717, 1.165) is 37.2 Å². The molecule has 6 heteroatoms. The highest BCUT2D eigenvalue weighted by molar-refractivity contribution is 5.73. The molecule has 1 aliphatic heterocycles. The molecule has 2 rings (SSSR count). The molecule has 1 fully saturated rings. The van der Waals surface area contributed by atoms with Crippen molar-refractivity contribution in [3.05, 3.63) is 23.3 Å². The van der Waals surface area contributed by atoms with Crippen molar-refractivity contribution >= 4 is 11.9 Å². The Hall–Kier alpha value is -1.98. The monoisotopic (exact) mass is 291 g/mol. The number of hydrogen-bond acceptors (Lipinski definition) is 4. The minimum atomic E-state index is -0.837. The van der Waals surface area contributed by atoms with Gasteiger partial charge in [-0.3, -0.25) is 9.59 Å². The summed E-state index contributed by atoms with van der Waals surface area (Å²) in [6, 6.07) is 1.84. The van der Waals surface area contributed by atoms with Gasteiger partial charge in [0, 0.05) is 25.6 Å². The van der Waals surface area contributed by atoms with Gasteiger partial charge in [-0.25, -0.2) is 9.97 Å². The van der Waals surface area contributed by atoms with E-state index < -0.39 is 5.97 Å². The number of aryl methyl sites for hydroxylation is 2. The van der Waals surface area contributed by atoms with Gasteiger partial charge in [0.1, 0.15) is 5.82 Å². The van der Waals surface area contributed by atoms with Crippen LogP contribution in [0.3, 0.4) is 0 Å². The first kappa shape index (κ1) is 15.4.